The van der Waals surface area contributed by atoms with Crippen LogP contribution in [-0.4, -0.2) is 55.1 Å². The second-order valence-electron chi connectivity index (χ2n) is 10.6. The van der Waals surface area contributed by atoms with Crippen molar-refractivity contribution in [1.29, 1.82) is 5.26 Å². The van der Waals surface area contributed by atoms with Gasteiger partial charge in [-0.15, -0.1) is 0 Å². The normalized spacial score (nSPS) is 25.5. The van der Waals surface area contributed by atoms with E-state index >= 15 is 0 Å². The van der Waals surface area contributed by atoms with Gasteiger partial charge < -0.3 is 15.0 Å². The molecule has 1 heterocycles. The van der Waals surface area contributed by atoms with E-state index in [4.69, 9.17) is 10.00 Å². The summed E-state index contributed by atoms with van der Waals surface area (Å²) in [5.74, 6) is -1.62. The lowest BCUT2D eigenvalue weighted by Gasteiger charge is -2.29. The highest BCUT2D eigenvalue weighted by Gasteiger charge is 2.70. The van der Waals surface area contributed by atoms with Crippen LogP contribution in [0.1, 0.15) is 62.0 Å². The first-order valence-corrected chi connectivity index (χ1v) is 13.8. The van der Waals surface area contributed by atoms with E-state index in [2.05, 4.69) is 5.32 Å². The van der Waals surface area contributed by atoms with Gasteiger partial charge >= 0.3 is 18.4 Å². The maximum atomic E-state index is 13.9. The molecule has 212 valence electrons. The molecule has 2 atom stereocenters. The Bertz CT molecular complexity index is 1360. The number of amides is 2. The number of sulfone groups is 1. The molecule has 8 nitrogen and oxygen atoms in total. The summed E-state index contributed by atoms with van der Waals surface area (Å²) in [5, 5.41) is 9.62. The van der Waals surface area contributed by atoms with E-state index in [1.165, 1.54) is 6.07 Å². The van der Waals surface area contributed by atoms with Gasteiger partial charge in [-0.2, -0.15) is 31.6 Å². The van der Waals surface area contributed by atoms with Crippen LogP contribution in [0.25, 0.3) is 0 Å². The first-order chi connectivity index (χ1) is 18.0. The first kappa shape index (κ1) is 27.5. The first-order valence-electron chi connectivity index (χ1n) is 12.3. The van der Waals surface area contributed by atoms with Gasteiger partial charge in [-0.1, -0.05) is 6.07 Å². The number of halogens is 6. The zero-order valence-corrected chi connectivity index (χ0v) is 21.0. The van der Waals surface area contributed by atoms with Crippen LogP contribution in [0.5, 0.6) is 0 Å². The Labute approximate surface area is 219 Å². The molecule has 1 N–H and O–H groups in total. The summed E-state index contributed by atoms with van der Waals surface area (Å²) < 4.78 is 115. The average Bonchev–Trinajstić information content (AvgIpc) is 3.70. The fourth-order valence-corrected chi connectivity index (χ4v) is 6.81. The molecule has 3 aliphatic carbocycles. The van der Waals surface area contributed by atoms with Crippen LogP contribution in [-0.2, 0) is 25.5 Å². The standard InChI is InChI=1S/C24H23F6N3O5S/c25-23(26,27)16-9-14(13-1-2-13)3-4-17(16)39(36,37)15-10-18(38-20(35)32-21(12-31)5-6-21)33(11-15)19(34)22(7-8-22)24(28,29)30/h3-4,9,13,15,18H,1-2,5-8,10-11H2,(H,32,35)/t15-,18+/m1/s1. The number of nitriles is 1. The zero-order valence-electron chi connectivity index (χ0n) is 20.2. The van der Waals surface area contributed by atoms with Crippen LogP contribution in [0, 0.1) is 16.7 Å². The Morgan fingerprint density at radius 2 is 1.72 bits per heavy atom. The molecule has 0 bridgehead atoms. The summed E-state index contributed by atoms with van der Waals surface area (Å²) in [6.45, 7) is -0.901. The molecule has 1 aliphatic heterocycles. The van der Waals surface area contributed by atoms with Crippen molar-refractivity contribution in [1.82, 2.24) is 10.2 Å². The van der Waals surface area contributed by atoms with Crippen molar-refractivity contribution in [2.24, 2.45) is 5.41 Å². The van der Waals surface area contributed by atoms with E-state index in [1.54, 1.807) is 0 Å². The summed E-state index contributed by atoms with van der Waals surface area (Å²) in [6, 6.07) is 4.72. The quantitative estimate of drug-likeness (QED) is 0.500. The van der Waals surface area contributed by atoms with Crippen LogP contribution in [0.2, 0.25) is 0 Å². The van der Waals surface area contributed by atoms with E-state index in [0.29, 0.717) is 23.3 Å². The van der Waals surface area contributed by atoms with E-state index in [9.17, 15) is 44.3 Å². The maximum absolute atomic E-state index is 13.9. The van der Waals surface area contributed by atoms with Crippen molar-refractivity contribution in [2.75, 3.05) is 6.54 Å². The molecule has 39 heavy (non-hydrogen) atoms. The van der Waals surface area contributed by atoms with Crippen LogP contribution in [0.4, 0.5) is 31.1 Å². The number of carbonyl (C=O) groups is 2. The van der Waals surface area contributed by atoms with E-state index in [0.717, 1.165) is 12.1 Å². The fourth-order valence-electron chi connectivity index (χ4n) is 4.94. The molecule has 1 aromatic carbocycles. The predicted molar refractivity (Wildman–Crippen MR) is 119 cm³/mol. The summed E-state index contributed by atoms with van der Waals surface area (Å²) in [6.07, 6.45) is -13.0. The Hall–Kier alpha value is -3.02. The highest BCUT2D eigenvalue weighted by molar-refractivity contribution is 7.92. The highest BCUT2D eigenvalue weighted by atomic mass is 32.2. The number of benzene rings is 1. The molecule has 0 radical (unpaired) electrons. The van der Waals surface area contributed by atoms with Gasteiger partial charge in [0, 0.05) is 13.0 Å². The average molecular weight is 580 g/mol. The largest absolute Gasteiger partial charge is 0.425 e. The summed E-state index contributed by atoms with van der Waals surface area (Å²) in [4.78, 5) is 24.9. The van der Waals surface area contributed by atoms with Crippen molar-refractivity contribution in [3.05, 3.63) is 29.3 Å². The maximum Gasteiger partial charge on any atom is 0.417 e. The number of ether oxygens (including phenoxy) is 1. The monoisotopic (exact) mass is 579 g/mol. The smallest absolute Gasteiger partial charge is 0.417 e. The van der Waals surface area contributed by atoms with Crippen molar-refractivity contribution in [2.45, 2.75) is 85.1 Å². The summed E-state index contributed by atoms with van der Waals surface area (Å²) >= 11 is 0. The predicted octanol–water partition coefficient (Wildman–Crippen LogP) is 4.41. The van der Waals surface area contributed by atoms with Gasteiger partial charge in [0.05, 0.1) is 21.8 Å². The second kappa shape index (κ2) is 8.74. The molecule has 0 unspecified atom stereocenters. The molecular weight excluding hydrogens is 556 g/mol. The summed E-state index contributed by atoms with van der Waals surface area (Å²) in [5.41, 5.74) is -5.08. The van der Waals surface area contributed by atoms with Crippen LogP contribution in [0.3, 0.4) is 0 Å². The molecule has 5 rings (SSSR count). The summed E-state index contributed by atoms with van der Waals surface area (Å²) in [7, 11) is -4.86. The Morgan fingerprint density at radius 3 is 2.21 bits per heavy atom. The lowest BCUT2D eigenvalue weighted by atomic mass is 10.1. The van der Waals surface area contributed by atoms with Crippen molar-refractivity contribution in [3.8, 4) is 6.07 Å². The number of nitrogens with one attached hydrogen (secondary N) is 1. The third kappa shape index (κ3) is 4.92. The van der Waals surface area contributed by atoms with Crippen LogP contribution >= 0.6 is 0 Å². The number of rotatable bonds is 6. The molecular formula is C24H23F6N3O5S. The minimum atomic E-state index is -5.04. The van der Waals surface area contributed by atoms with Gasteiger partial charge in [-0.05, 0) is 62.1 Å². The van der Waals surface area contributed by atoms with Gasteiger partial charge in [0.2, 0.25) is 5.91 Å². The number of alkyl halides is 6. The minimum absolute atomic E-state index is 0.112. The molecule has 4 fully saturated rings. The SMILES string of the molecule is N#CC1(NC(=O)O[C@H]2C[C@@H](S(=O)(=O)c3ccc(C4CC4)cc3C(F)(F)F)CN2C(=O)C2(C(F)(F)F)CC2)CC1. The number of hydrogen-bond acceptors (Lipinski definition) is 6. The Kier molecular flexibility index (Phi) is 6.17. The van der Waals surface area contributed by atoms with E-state index < -0.39 is 92.9 Å². The third-order valence-electron chi connectivity index (χ3n) is 7.83. The Morgan fingerprint density at radius 1 is 1.08 bits per heavy atom. The minimum Gasteiger partial charge on any atom is -0.425 e. The number of nitrogens with zero attached hydrogens (tertiary/aromatic N) is 2. The fraction of sp³-hybridized carbons (Fsp3) is 0.625. The molecule has 0 spiro atoms. The van der Waals surface area contributed by atoms with Gasteiger partial charge in [-0.25, -0.2) is 13.2 Å². The number of likely N-dealkylation sites (tertiary alicyclic amines) is 1. The lowest BCUT2D eigenvalue weighted by Crippen LogP contribution is -2.49. The molecule has 3 saturated carbocycles. The number of alkyl carbamates (subject to hydrolysis) is 1. The molecule has 15 heteroatoms. The van der Waals surface area contributed by atoms with E-state index in [1.807, 2.05) is 6.07 Å². The molecule has 1 aromatic rings. The van der Waals surface area contributed by atoms with Gasteiger partial charge in [0.15, 0.2) is 16.1 Å². The van der Waals surface area contributed by atoms with E-state index in [-0.39, 0.29) is 18.8 Å². The number of carbonyl (C=O) groups excluding carboxylic acids is 2. The van der Waals surface area contributed by atoms with Crippen molar-refractivity contribution in [3.63, 3.8) is 0 Å². The molecule has 4 aliphatic rings. The zero-order chi connectivity index (χ0) is 28.6. The van der Waals surface area contributed by atoms with Crippen LogP contribution in [0.15, 0.2) is 23.1 Å². The third-order valence-corrected chi connectivity index (χ3v) is 10.0. The molecule has 0 aromatic heterocycles. The molecule has 2 amide bonds. The van der Waals surface area contributed by atoms with Crippen molar-refractivity contribution >= 4 is 21.8 Å². The van der Waals surface area contributed by atoms with Gasteiger partial charge in [0.25, 0.3) is 0 Å². The lowest BCUT2D eigenvalue weighted by molar-refractivity contribution is -0.201. The molecule has 1 saturated heterocycles. The van der Waals surface area contributed by atoms with Gasteiger partial charge in [0.1, 0.15) is 11.0 Å². The van der Waals surface area contributed by atoms with Crippen molar-refractivity contribution < 1.29 is 49.1 Å². The topological polar surface area (TPSA) is 117 Å². The van der Waals surface area contributed by atoms with Gasteiger partial charge in [-0.3, -0.25) is 4.79 Å². The number of hydrogen-bond donors (Lipinski definition) is 1. The van der Waals surface area contributed by atoms with Crippen LogP contribution < -0.4 is 5.32 Å². The highest BCUT2D eigenvalue weighted by Crippen LogP contribution is 2.59. The second-order valence-corrected chi connectivity index (χ2v) is 12.8. The Balaban J connectivity index is 1.46.